The molecule has 0 heterocycles. The van der Waals surface area contributed by atoms with Gasteiger partial charge in [0.05, 0.1) is 6.61 Å². The van der Waals surface area contributed by atoms with Gasteiger partial charge in [0.25, 0.3) is 5.91 Å². The van der Waals surface area contributed by atoms with E-state index in [0.29, 0.717) is 6.07 Å². The van der Waals surface area contributed by atoms with Gasteiger partial charge in [0, 0.05) is 11.6 Å². The molecule has 0 aromatic heterocycles. The van der Waals surface area contributed by atoms with Gasteiger partial charge >= 0.3 is 11.9 Å². The summed E-state index contributed by atoms with van der Waals surface area (Å²) < 4.78 is 30.5. The van der Waals surface area contributed by atoms with Crippen LogP contribution in [0.15, 0.2) is 30.4 Å². The Morgan fingerprint density at radius 2 is 2.00 bits per heavy atom. The lowest BCUT2D eigenvalue weighted by molar-refractivity contribution is -0.139. The first-order valence-electron chi connectivity index (χ1n) is 6.67. The standard InChI is InChI=1S/C15H15F2NO5/c1-2-23-13(19)5-3-4-12(15(21)22)18-14(20)9-6-7-10(16)11(17)8-9/h3,5-8,12H,2,4H2,1H3,(H,18,20)(H,21,22)/b5-3+/t12-/m1/s1. The SMILES string of the molecule is CCOC(=O)/C=C/C[C@@H](NC(=O)c1ccc(F)c(F)c1)C(=O)O. The fourth-order valence-corrected chi connectivity index (χ4v) is 1.59. The molecule has 124 valence electrons. The number of esters is 1. The highest BCUT2D eigenvalue weighted by molar-refractivity contribution is 5.96. The van der Waals surface area contributed by atoms with Crippen LogP contribution in [0, 0.1) is 11.6 Å². The monoisotopic (exact) mass is 327 g/mol. The van der Waals surface area contributed by atoms with Gasteiger partial charge in [0.2, 0.25) is 0 Å². The molecule has 8 heteroatoms. The molecule has 1 atom stereocenters. The lowest BCUT2D eigenvalue weighted by atomic mass is 10.1. The Kier molecular flexibility index (Phi) is 6.85. The van der Waals surface area contributed by atoms with E-state index in [2.05, 4.69) is 10.1 Å². The first kappa shape index (κ1) is 18.3. The maximum Gasteiger partial charge on any atom is 0.330 e. The summed E-state index contributed by atoms with van der Waals surface area (Å²) in [4.78, 5) is 34.0. The molecule has 0 aliphatic heterocycles. The molecule has 0 spiro atoms. The number of hydrogen-bond donors (Lipinski definition) is 2. The lowest BCUT2D eigenvalue weighted by Crippen LogP contribution is -2.40. The summed E-state index contributed by atoms with van der Waals surface area (Å²) in [6.45, 7) is 1.80. The van der Waals surface area contributed by atoms with Crippen LogP contribution in [-0.4, -0.2) is 35.6 Å². The van der Waals surface area contributed by atoms with Crippen molar-refractivity contribution in [2.24, 2.45) is 0 Å². The second-order valence-electron chi connectivity index (χ2n) is 4.38. The van der Waals surface area contributed by atoms with Crippen LogP contribution in [0.5, 0.6) is 0 Å². The number of nitrogens with one attached hydrogen (secondary N) is 1. The molecule has 1 amide bonds. The number of carbonyl (C=O) groups excluding carboxylic acids is 2. The Morgan fingerprint density at radius 1 is 1.30 bits per heavy atom. The number of ether oxygens (including phenoxy) is 1. The number of aliphatic carboxylic acids is 1. The third-order valence-corrected chi connectivity index (χ3v) is 2.70. The molecule has 23 heavy (non-hydrogen) atoms. The van der Waals surface area contributed by atoms with Gasteiger partial charge in [-0.3, -0.25) is 4.79 Å². The molecule has 0 radical (unpaired) electrons. The van der Waals surface area contributed by atoms with E-state index in [-0.39, 0.29) is 18.6 Å². The van der Waals surface area contributed by atoms with Crippen LogP contribution in [0.3, 0.4) is 0 Å². The molecule has 0 fully saturated rings. The Morgan fingerprint density at radius 3 is 2.57 bits per heavy atom. The molecular weight excluding hydrogens is 312 g/mol. The predicted octanol–water partition coefficient (Wildman–Crippen LogP) is 1.66. The van der Waals surface area contributed by atoms with Crippen LogP contribution < -0.4 is 5.32 Å². The van der Waals surface area contributed by atoms with Crippen molar-refractivity contribution in [1.29, 1.82) is 0 Å². The third kappa shape index (κ3) is 5.85. The maximum atomic E-state index is 13.1. The normalized spacial score (nSPS) is 12.0. The smallest absolute Gasteiger partial charge is 0.330 e. The van der Waals surface area contributed by atoms with E-state index in [1.807, 2.05) is 0 Å². The van der Waals surface area contributed by atoms with Crippen LogP contribution >= 0.6 is 0 Å². The van der Waals surface area contributed by atoms with Crippen LogP contribution in [0.2, 0.25) is 0 Å². The van der Waals surface area contributed by atoms with Gasteiger partial charge in [-0.05, 0) is 31.5 Å². The summed E-state index contributed by atoms with van der Waals surface area (Å²) in [5, 5.41) is 11.2. The maximum absolute atomic E-state index is 13.1. The summed E-state index contributed by atoms with van der Waals surface area (Å²) in [6, 6.07) is 1.13. The van der Waals surface area contributed by atoms with Crippen molar-refractivity contribution in [3.63, 3.8) is 0 Å². The van der Waals surface area contributed by atoms with Gasteiger partial charge in [-0.15, -0.1) is 0 Å². The summed E-state index contributed by atoms with van der Waals surface area (Å²) in [6.07, 6.45) is 2.11. The highest BCUT2D eigenvalue weighted by atomic mass is 19.2. The Balaban J connectivity index is 2.71. The summed E-state index contributed by atoms with van der Waals surface area (Å²) >= 11 is 0. The first-order chi connectivity index (χ1) is 10.8. The second-order valence-corrected chi connectivity index (χ2v) is 4.38. The molecule has 1 aromatic carbocycles. The number of carbonyl (C=O) groups is 3. The topological polar surface area (TPSA) is 92.7 Å². The summed E-state index contributed by atoms with van der Waals surface area (Å²) in [5.41, 5.74) is -0.218. The number of amides is 1. The van der Waals surface area contributed by atoms with Gasteiger partial charge in [-0.25, -0.2) is 18.4 Å². The number of rotatable bonds is 7. The van der Waals surface area contributed by atoms with E-state index >= 15 is 0 Å². The lowest BCUT2D eigenvalue weighted by Gasteiger charge is -2.12. The van der Waals surface area contributed by atoms with Crippen LogP contribution in [0.4, 0.5) is 8.78 Å². The molecule has 1 aromatic rings. The third-order valence-electron chi connectivity index (χ3n) is 2.70. The number of carboxylic acids is 1. The van der Waals surface area contributed by atoms with Crippen molar-refractivity contribution in [3.05, 3.63) is 47.5 Å². The van der Waals surface area contributed by atoms with E-state index in [9.17, 15) is 23.2 Å². The highest BCUT2D eigenvalue weighted by Crippen LogP contribution is 2.09. The highest BCUT2D eigenvalue weighted by Gasteiger charge is 2.20. The number of hydrogen-bond acceptors (Lipinski definition) is 4. The van der Waals surface area contributed by atoms with Crippen molar-refractivity contribution in [1.82, 2.24) is 5.32 Å². The Bertz CT molecular complexity index is 630. The molecule has 6 nitrogen and oxygen atoms in total. The Hall–Kier alpha value is -2.77. The van der Waals surface area contributed by atoms with Gasteiger partial charge in [0.15, 0.2) is 11.6 Å². The Labute approximate surface area is 130 Å². The summed E-state index contributed by atoms with van der Waals surface area (Å²) in [7, 11) is 0. The predicted molar refractivity (Wildman–Crippen MR) is 75.6 cm³/mol. The minimum atomic E-state index is -1.34. The molecular formula is C15H15F2NO5. The van der Waals surface area contributed by atoms with Crippen molar-refractivity contribution >= 4 is 17.8 Å². The van der Waals surface area contributed by atoms with E-state index < -0.39 is 35.5 Å². The average Bonchev–Trinajstić information content (AvgIpc) is 2.49. The largest absolute Gasteiger partial charge is 0.480 e. The van der Waals surface area contributed by atoms with E-state index in [1.165, 1.54) is 6.08 Å². The van der Waals surface area contributed by atoms with Gasteiger partial charge < -0.3 is 15.2 Å². The number of benzene rings is 1. The summed E-state index contributed by atoms with van der Waals surface area (Å²) in [5.74, 6) is -5.18. The van der Waals surface area contributed by atoms with Crippen LogP contribution in [0.1, 0.15) is 23.7 Å². The van der Waals surface area contributed by atoms with Crippen molar-refractivity contribution < 1.29 is 33.0 Å². The molecule has 0 saturated heterocycles. The quantitative estimate of drug-likeness (QED) is 0.587. The van der Waals surface area contributed by atoms with E-state index in [0.717, 1.165) is 18.2 Å². The van der Waals surface area contributed by atoms with E-state index in [1.54, 1.807) is 6.92 Å². The van der Waals surface area contributed by atoms with Crippen molar-refractivity contribution in [2.45, 2.75) is 19.4 Å². The van der Waals surface area contributed by atoms with Gasteiger partial charge in [-0.1, -0.05) is 6.08 Å². The zero-order valence-electron chi connectivity index (χ0n) is 12.2. The molecule has 0 saturated carbocycles. The molecule has 0 aliphatic carbocycles. The van der Waals surface area contributed by atoms with Crippen molar-refractivity contribution in [2.75, 3.05) is 6.61 Å². The zero-order valence-corrected chi connectivity index (χ0v) is 12.2. The van der Waals surface area contributed by atoms with Gasteiger partial charge in [-0.2, -0.15) is 0 Å². The average molecular weight is 327 g/mol. The van der Waals surface area contributed by atoms with Gasteiger partial charge in [0.1, 0.15) is 6.04 Å². The van der Waals surface area contributed by atoms with Crippen LogP contribution in [-0.2, 0) is 14.3 Å². The number of carboxylic acid groups (broad SMARTS) is 1. The fraction of sp³-hybridized carbons (Fsp3) is 0.267. The number of halogens is 2. The molecule has 2 N–H and O–H groups in total. The first-order valence-corrected chi connectivity index (χ1v) is 6.67. The van der Waals surface area contributed by atoms with Crippen LogP contribution in [0.25, 0.3) is 0 Å². The van der Waals surface area contributed by atoms with Crippen molar-refractivity contribution in [3.8, 4) is 0 Å². The van der Waals surface area contributed by atoms with E-state index in [4.69, 9.17) is 5.11 Å². The molecule has 0 bridgehead atoms. The minimum Gasteiger partial charge on any atom is -0.480 e. The molecule has 0 unspecified atom stereocenters. The fourth-order valence-electron chi connectivity index (χ4n) is 1.59. The molecule has 0 aliphatic rings. The minimum absolute atomic E-state index is 0.177. The zero-order chi connectivity index (χ0) is 17.4. The molecule has 1 rings (SSSR count). The second kappa shape index (κ2) is 8.62.